The first-order valence-corrected chi connectivity index (χ1v) is 15.3. The largest absolute Gasteiger partial charge is 0.465 e. The molecule has 0 bridgehead atoms. The minimum absolute atomic E-state index is 0.181. The van der Waals surface area contributed by atoms with Crippen LogP contribution in [0.4, 0.5) is 0 Å². The van der Waals surface area contributed by atoms with E-state index in [-0.39, 0.29) is 16.8 Å². The monoisotopic (exact) mass is 460 g/mol. The minimum Gasteiger partial charge on any atom is -0.465 e. The van der Waals surface area contributed by atoms with Crippen molar-refractivity contribution in [3.8, 4) is 0 Å². The SMILES string of the molecule is CCCCCCOC(=O)C1(C2(CCCCCC)CCC(C3CCCCC3)CC2)CCCCC1. The van der Waals surface area contributed by atoms with Gasteiger partial charge in [0.25, 0.3) is 0 Å². The number of ether oxygens (including phenoxy) is 1. The van der Waals surface area contributed by atoms with Gasteiger partial charge in [-0.2, -0.15) is 0 Å². The summed E-state index contributed by atoms with van der Waals surface area (Å²) < 4.78 is 6.14. The molecule has 3 rings (SSSR count). The summed E-state index contributed by atoms with van der Waals surface area (Å²) in [5.74, 6) is 2.12. The molecule has 0 N–H and O–H groups in total. The lowest BCUT2D eigenvalue weighted by molar-refractivity contribution is -0.175. The highest BCUT2D eigenvalue weighted by atomic mass is 16.5. The Hall–Kier alpha value is -0.530. The van der Waals surface area contributed by atoms with Crippen molar-refractivity contribution in [3.05, 3.63) is 0 Å². The zero-order valence-corrected chi connectivity index (χ0v) is 22.4. The molecule has 0 aromatic carbocycles. The third-order valence-electron chi connectivity index (χ3n) is 10.2. The smallest absolute Gasteiger partial charge is 0.312 e. The molecule has 0 heterocycles. The average Bonchev–Trinajstić information content (AvgIpc) is 2.87. The molecule has 3 saturated carbocycles. The summed E-state index contributed by atoms with van der Waals surface area (Å²) in [6.45, 7) is 5.20. The van der Waals surface area contributed by atoms with E-state index in [0.29, 0.717) is 6.61 Å². The highest BCUT2D eigenvalue weighted by molar-refractivity contribution is 5.78. The van der Waals surface area contributed by atoms with Crippen molar-refractivity contribution >= 4 is 5.97 Å². The quantitative estimate of drug-likeness (QED) is 0.202. The molecule has 2 nitrogen and oxygen atoms in total. The Morgan fingerprint density at radius 3 is 1.88 bits per heavy atom. The number of esters is 1. The number of hydrogen-bond acceptors (Lipinski definition) is 2. The average molecular weight is 461 g/mol. The van der Waals surface area contributed by atoms with Crippen LogP contribution in [-0.2, 0) is 9.53 Å². The second-order valence-corrected chi connectivity index (χ2v) is 12.2. The van der Waals surface area contributed by atoms with Crippen molar-refractivity contribution in [3.63, 3.8) is 0 Å². The van der Waals surface area contributed by atoms with E-state index in [1.165, 1.54) is 128 Å². The van der Waals surface area contributed by atoms with Crippen LogP contribution in [0.2, 0.25) is 0 Å². The molecular weight excluding hydrogens is 404 g/mol. The van der Waals surface area contributed by atoms with Crippen LogP contribution in [0.1, 0.15) is 162 Å². The summed E-state index contributed by atoms with van der Waals surface area (Å²) in [5.41, 5.74) is 0.0343. The number of rotatable bonds is 13. The van der Waals surface area contributed by atoms with Crippen molar-refractivity contribution < 1.29 is 9.53 Å². The summed E-state index contributed by atoms with van der Waals surface area (Å²) in [5, 5.41) is 0. The Labute approximate surface area is 206 Å². The van der Waals surface area contributed by atoms with Crippen LogP contribution >= 0.6 is 0 Å². The molecule has 0 aliphatic heterocycles. The lowest BCUT2D eigenvalue weighted by atomic mass is 9.49. The predicted molar refractivity (Wildman–Crippen MR) is 140 cm³/mol. The van der Waals surface area contributed by atoms with E-state index >= 15 is 0 Å². The van der Waals surface area contributed by atoms with Crippen molar-refractivity contribution in [2.24, 2.45) is 22.7 Å². The molecule has 0 amide bonds. The van der Waals surface area contributed by atoms with E-state index in [9.17, 15) is 4.79 Å². The van der Waals surface area contributed by atoms with E-state index in [2.05, 4.69) is 13.8 Å². The van der Waals surface area contributed by atoms with E-state index < -0.39 is 0 Å². The summed E-state index contributed by atoms with van der Waals surface area (Å²) in [6, 6.07) is 0. The summed E-state index contributed by atoms with van der Waals surface area (Å²) in [4.78, 5) is 13.9. The Morgan fingerprint density at radius 2 is 1.24 bits per heavy atom. The van der Waals surface area contributed by atoms with Gasteiger partial charge in [-0.15, -0.1) is 0 Å². The maximum Gasteiger partial charge on any atom is 0.312 e. The van der Waals surface area contributed by atoms with Gasteiger partial charge in [-0.25, -0.2) is 0 Å². The van der Waals surface area contributed by atoms with E-state index in [1.54, 1.807) is 0 Å². The van der Waals surface area contributed by atoms with Gasteiger partial charge < -0.3 is 4.74 Å². The second kappa shape index (κ2) is 14.1. The topological polar surface area (TPSA) is 26.3 Å². The highest BCUT2D eigenvalue weighted by Crippen LogP contribution is 2.61. The number of hydrogen-bond donors (Lipinski definition) is 0. The molecule has 0 radical (unpaired) electrons. The molecule has 3 fully saturated rings. The fraction of sp³-hybridized carbons (Fsp3) is 0.968. The Balaban J connectivity index is 1.72. The molecule has 0 aromatic heterocycles. The van der Waals surface area contributed by atoms with Crippen molar-refractivity contribution in [1.82, 2.24) is 0 Å². The summed E-state index contributed by atoms with van der Waals surface area (Å²) >= 11 is 0. The van der Waals surface area contributed by atoms with Gasteiger partial charge in [0.05, 0.1) is 12.0 Å². The van der Waals surface area contributed by atoms with E-state index in [1.807, 2.05) is 0 Å². The van der Waals surface area contributed by atoms with Gasteiger partial charge in [0.1, 0.15) is 0 Å². The number of unbranched alkanes of at least 4 members (excludes halogenated alkanes) is 6. The molecular formula is C31H56O2. The van der Waals surface area contributed by atoms with Gasteiger partial charge in [-0.1, -0.05) is 110 Å². The van der Waals surface area contributed by atoms with Gasteiger partial charge >= 0.3 is 5.97 Å². The molecule has 192 valence electrons. The first-order chi connectivity index (χ1) is 16.2. The molecule has 0 spiro atoms. The zero-order valence-electron chi connectivity index (χ0n) is 22.4. The van der Waals surface area contributed by atoms with Gasteiger partial charge in [0, 0.05) is 0 Å². The summed E-state index contributed by atoms with van der Waals surface area (Å²) in [6.07, 6.45) is 29.9. The first-order valence-electron chi connectivity index (χ1n) is 15.3. The lowest BCUT2D eigenvalue weighted by Crippen LogP contribution is -2.52. The van der Waals surface area contributed by atoms with Crippen LogP contribution in [0.15, 0.2) is 0 Å². The van der Waals surface area contributed by atoms with Crippen LogP contribution in [0, 0.1) is 22.7 Å². The van der Waals surface area contributed by atoms with Crippen LogP contribution in [0.25, 0.3) is 0 Å². The second-order valence-electron chi connectivity index (χ2n) is 12.2. The van der Waals surface area contributed by atoms with E-state index in [0.717, 1.165) is 31.1 Å². The Bertz CT molecular complexity index is 533. The van der Waals surface area contributed by atoms with Crippen LogP contribution in [0.5, 0.6) is 0 Å². The molecule has 0 aromatic rings. The fourth-order valence-electron chi connectivity index (χ4n) is 8.07. The van der Waals surface area contributed by atoms with Gasteiger partial charge in [0.2, 0.25) is 0 Å². The van der Waals surface area contributed by atoms with Gasteiger partial charge in [0.15, 0.2) is 0 Å². The summed E-state index contributed by atoms with van der Waals surface area (Å²) in [7, 11) is 0. The van der Waals surface area contributed by atoms with Crippen LogP contribution < -0.4 is 0 Å². The molecule has 33 heavy (non-hydrogen) atoms. The molecule has 3 aliphatic rings. The normalized spacial score (nSPS) is 28.5. The van der Waals surface area contributed by atoms with Gasteiger partial charge in [-0.3, -0.25) is 4.79 Å². The van der Waals surface area contributed by atoms with Crippen LogP contribution in [-0.4, -0.2) is 12.6 Å². The van der Waals surface area contributed by atoms with Crippen molar-refractivity contribution in [1.29, 1.82) is 0 Å². The lowest BCUT2D eigenvalue weighted by Gasteiger charge is -2.55. The molecule has 0 saturated heterocycles. The van der Waals surface area contributed by atoms with Gasteiger partial charge in [-0.05, 0) is 68.6 Å². The standard InChI is InChI=1S/C31H56O2/c1-3-5-7-13-21-30(24-19-28(20-25-30)27-17-11-9-12-18-27)31(22-14-10-15-23-31)29(32)33-26-16-8-6-4-2/h27-28H,3-26H2,1-2H3. The minimum atomic E-state index is -0.181. The molecule has 2 heteroatoms. The van der Waals surface area contributed by atoms with Crippen molar-refractivity contribution in [2.75, 3.05) is 6.61 Å². The van der Waals surface area contributed by atoms with E-state index in [4.69, 9.17) is 4.74 Å². The maximum absolute atomic E-state index is 13.9. The highest BCUT2D eigenvalue weighted by Gasteiger charge is 2.57. The zero-order chi connectivity index (χ0) is 23.4. The molecule has 3 aliphatic carbocycles. The predicted octanol–water partition coefficient (Wildman–Crippen LogP) is 9.79. The third kappa shape index (κ3) is 7.00. The third-order valence-corrected chi connectivity index (χ3v) is 10.2. The van der Waals surface area contributed by atoms with Crippen LogP contribution in [0.3, 0.4) is 0 Å². The Morgan fingerprint density at radius 1 is 0.667 bits per heavy atom. The first kappa shape index (κ1) is 27.1. The molecule has 0 atom stereocenters. The number of carbonyl (C=O) groups is 1. The number of carbonyl (C=O) groups excluding carboxylic acids is 1. The van der Waals surface area contributed by atoms with Crippen molar-refractivity contribution in [2.45, 2.75) is 162 Å². The molecule has 0 unspecified atom stereocenters. The Kier molecular flexibility index (Phi) is 11.6. The fourth-order valence-corrected chi connectivity index (χ4v) is 8.07. The maximum atomic E-state index is 13.9.